The van der Waals surface area contributed by atoms with Gasteiger partial charge in [-0.25, -0.2) is 0 Å². The average molecular weight is 469 g/mol. The lowest BCUT2D eigenvalue weighted by Gasteiger charge is -2.21. The van der Waals surface area contributed by atoms with Crippen molar-refractivity contribution in [3.8, 4) is 5.75 Å². The van der Waals surface area contributed by atoms with Crippen LogP contribution < -0.4 is 10.1 Å². The van der Waals surface area contributed by atoms with Crippen LogP contribution in [-0.2, 0) is 16.2 Å². The minimum Gasteiger partial charge on any atom is -0.484 e. The summed E-state index contributed by atoms with van der Waals surface area (Å²) in [6.45, 7) is 6.49. The van der Waals surface area contributed by atoms with Gasteiger partial charge in [0.15, 0.2) is 6.61 Å². The zero-order chi connectivity index (χ0) is 23.6. The van der Waals surface area contributed by atoms with Gasteiger partial charge in [-0.05, 0) is 49.6 Å². The topological polar surface area (TPSA) is 97.6 Å². The third-order valence-corrected chi connectivity index (χ3v) is 5.52. The van der Waals surface area contributed by atoms with Gasteiger partial charge < -0.3 is 19.4 Å². The van der Waals surface area contributed by atoms with E-state index in [0.717, 1.165) is 40.7 Å². The zero-order valence-electron chi connectivity index (χ0n) is 19.0. The number of thioether (sulfide) groups is 1. The Morgan fingerprint density at radius 3 is 2.70 bits per heavy atom. The number of nitrogens with one attached hydrogen (secondary N) is 1. The molecule has 1 heterocycles. The van der Waals surface area contributed by atoms with Gasteiger partial charge in [0.1, 0.15) is 5.75 Å². The number of aromatic nitrogens is 2. The van der Waals surface area contributed by atoms with Crippen LogP contribution in [0.3, 0.4) is 0 Å². The first-order valence-electron chi connectivity index (χ1n) is 10.7. The lowest BCUT2D eigenvalue weighted by Crippen LogP contribution is -2.39. The Morgan fingerprint density at radius 2 is 1.94 bits per heavy atom. The fourth-order valence-corrected chi connectivity index (χ4v) is 3.74. The minimum absolute atomic E-state index is 0.0129. The number of carbonyl (C=O) groups excluding carboxylic acids is 2. The van der Waals surface area contributed by atoms with Gasteiger partial charge >= 0.3 is 0 Å². The molecule has 0 aliphatic rings. The minimum atomic E-state index is -0.232. The van der Waals surface area contributed by atoms with Gasteiger partial charge in [0.05, 0.1) is 12.3 Å². The van der Waals surface area contributed by atoms with Crippen LogP contribution in [0.1, 0.15) is 30.4 Å². The molecule has 8 nitrogen and oxygen atoms in total. The summed E-state index contributed by atoms with van der Waals surface area (Å²) in [5.74, 6) is 0.742. The second-order valence-electron chi connectivity index (χ2n) is 7.53. The molecule has 2 aromatic carbocycles. The smallest absolute Gasteiger partial charge is 0.277 e. The van der Waals surface area contributed by atoms with E-state index in [0.29, 0.717) is 12.4 Å². The van der Waals surface area contributed by atoms with E-state index in [1.165, 1.54) is 0 Å². The van der Waals surface area contributed by atoms with Crippen LogP contribution in [0, 0.1) is 13.8 Å². The summed E-state index contributed by atoms with van der Waals surface area (Å²) in [6, 6.07) is 15.2. The lowest BCUT2D eigenvalue weighted by molar-refractivity contribution is -0.132. The Kier molecular flexibility index (Phi) is 8.88. The number of anilines is 1. The molecule has 9 heteroatoms. The largest absolute Gasteiger partial charge is 0.484 e. The molecule has 1 N–H and O–H groups in total. The third kappa shape index (κ3) is 7.64. The number of rotatable bonds is 11. The van der Waals surface area contributed by atoms with Crippen molar-refractivity contribution in [3.63, 3.8) is 0 Å². The van der Waals surface area contributed by atoms with E-state index >= 15 is 0 Å². The molecule has 0 saturated carbocycles. The summed E-state index contributed by atoms with van der Waals surface area (Å²) in [5.41, 5.74) is 2.80. The number of hydrogen-bond acceptors (Lipinski definition) is 7. The van der Waals surface area contributed by atoms with E-state index in [4.69, 9.17) is 9.15 Å². The van der Waals surface area contributed by atoms with Crippen LogP contribution in [0.4, 0.5) is 5.69 Å². The Balaban J connectivity index is 1.49. The summed E-state index contributed by atoms with van der Waals surface area (Å²) < 4.78 is 11.2. The second-order valence-corrected chi connectivity index (χ2v) is 8.46. The van der Waals surface area contributed by atoms with Crippen molar-refractivity contribution in [2.45, 2.75) is 39.0 Å². The highest BCUT2D eigenvalue weighted by Crippen LogP contribution is 2.19. The first kappa shape index (κ1) is 24.3. The third-order valence-electron chi connectivity index (χ3n) is 4.72. The predicted octanol–water partition coefficient (Wildman–Crippen LogP) is 4.23. The molecule has 0 aliphatic carbocycles. The SMILES string of the molecule is CCCN(CC(=O)Nc1ccccc1C)C(=O)CSc1nnc(COc2cccc(C)c2)o1. The normalized spacial score (nSPS) is 10.6. The summed E-state index contributed by atoms with van der Waals surface area (Å²) in [6.07, 6.45) is 0.745. The van der Waals surface area contributed by atoms with Crippen molar-refractivity contribution >= 4 is 29.3 Å². The standard InChI is InChI=1S/C24H28N4O4S/c1-4-12-28(14-21(29)25-20-11-6-5-9-18(20)3)23(30)16-33-24-27-26-22(32-24)15-31-19-10-7-8-17(2)13-19/h5-11,13H,4,12,14-16H2,1-3H3,(H,25,29). The molecule has 1 aromatic heterocycles. The van der Waals surface area contributed by atoms with E-state index in [9.17, 15) is 9.59 Å². The molecule has 2 amide bonds. The number of amides is 2. The number of ether oxygens (including phenoxy) is 1. The van der Waals surface area contributed by atoms with Crippen LogP contribution in [0.2, 0.25) is 0 Å². The maximum absolute atomic E-state index is 12.7. The maximum atomic E-state index is 12.7. The van der Waals surface area contributed by atoms with Gasteiger partial charge in [-0.15, -0.1) is 10.2 Å². The zero-order valence-corrected chi connectivity index (χ0v) is 19.9. The van der Waals surface area contributed by atoms with Gasteiger partial charge in [-0.3, -0.25) is 9.59 Å². The summed E-state index contributed by atoms with van der Waals surface area (Å²) in [4.78, 5) is 26.7. The molecular formula is C24H28N4O4S. The fraction of sp³-hybridized carbons (Fsp3) is 0.333. The molecular weight excluding hydrogens is 440 g/mol. The summed E-state index contributed by atoms with van der Waals surface area (Å²) in [5, 5.41) is 11.1. The molecule has 3 rings (SSSR count). The van der Waals surface area contributed by atoms with Crippen LogP contribution in [0.25, 0.3) is 0 Å². The summed E-state index contributed by atoms with van der Waals surface area (Å²) in [7, 11) is 0. The molecule has 0 fully saturated rings. The molecule has 0 bridgehead atoms. The Bertz CT molecular complexity index is 1090. The van der Waals surface area contributed by atoms with Crippen molar-refractivity contribution in [2.24, 2.45) is 0 Å². The number of carbonyl (C=O) groups is 2. The van der Waals surface area contributed by atoms with E-state index in [1.807, 2.05) is 69.3 Å². The molecule has 33 heavy (non-hydrogen) atoms. The van der Waals surface area contributed by atoms with Gasteiger partial charge in [0, 0.05) is 12.2 Å². The number of benzene rings is 2. The molecule has 0 atom stereocenters. The van der Waals surface area contributed by atoms with Gasteiger partial charge in [-0.2, -0.15) is 0 Å². The highest BCUT2D eigenvalue weighted by atomic mass is 32.2. The first-order valence-corrected chi connectivity index (χ1v) is 11.7. The molecule has 0 saturated heterocycles. The van der Waals surface area contributed by atoms with Crippen molar-refractivity contribution < 1.29 is 18.7 Å². The molecule has 0 aliphatic heterocycles. The fourth-order valence-electron chi connectivity index (χ4n) is 3.06. The highest BCUT2D eigenvalue weighted by Gasteiger charge is 2.19. The number of para-hydroxylation sites is 1. The monoisotopic (exact) mass is 468 g/mol. The lowest BCUT2D eigenvalue weighted by atomic mass is 10.2. The summed E-state index contributed by atoms with van der Waals surface area (Å²) >= 11 is 1.14. The molecule has 3 aromatic rings. The van der Waals surface area contributed by atoms with E-state index in [-0.39, 0.29) is 35.9 Å². The molecule has 0 spiro atoms. The molecule has 0 unspecified atom stereocenters. The quantitative estimate of drug-likeness (QED) is 0.421. The number of nitrogens with zero attached hydrogens (tertiary/aromatic N) is 3. The van der Waals surface area contributed by atoms with Gasteiger partial charge in [0.25, 0.3) is 11.1 Å². The molecule has 0 radical (unpaired) electrons. The van der Waals surface area contributed by atoms with Crippen molar-refractivity contribution in [3.05, 3.63) is 65.5 Å². The number of aryl methyl sites for hydroxylation is 2. The van der Waals surface area contributed by atoms with Gasteiger partial charge in [-0.1, -0.05) is 49.0 Å². The van der Waals surface area contributed by atoms with Crippen molar-refractivity contribution in [1.82, 2.24) is 15.1 Å². The maximum Gasteiger partial charge on any atom is 0.277 e. The van der Waals surface area contributed by atoms with Crippen LogP contribution >= 0.6 is 11.8 Å². The van der Waals surface area contributed by atoms with Crippen molar-refractivity contribution in [1.29, 1.82) is 0 Å². The van der Waals surface area contributed by atoms with E-state index < -0.39 is 0 Å². The van der Waals surface area contributed by atoms with Crippen molar-refractivity contribution in [2.75, 3.05) is 24.2 Å². The van der Waals surface area contributed by atoms with Crippen LogP contribution in [-0.4, -0.2) is 45.8 Å². The Labute approximate surface area is 197 Å². The average Bonchev–Trinajstić information content (AvgIpc) is 3.25. The molecule has 174 valence electrons. The highest BCUT2D eigenvalue weighted by molar-refractivity contribution is 7.99. The Hall–Kier alpha value is -3.33. The van der Waals surface area contributed by atoms with Crippen LogP contribution in [0.5, 0.6) is 5.75 Å². The predicted molar refractivity (Wildman–Crippen MR) is 127 cm³/mol. The Morgan fingerprint density at radius 1 is 1.12 bits per heavy atom. The van der Waals surface area contributed by atoms with E-state index in [2.05, 4.69) is 15.5 Å². The van der Waals surface area contributed by atoms with Crippen LogP contribution in [0.15, 0.2) is 58.2 Å². The number of hydrogen-bond donors (Lipinski definition) is 1. The first-order chi connectivity index (χ1) is 15.9. The van der Waals surface area contributed by atoms with E-state index in [1.54, 1.807) is 4.90 Å². The second kappa shape index (κ2) is 12.1. The van der Waals surface area contributed by atoms with Gasteiger partial charge in [0.2, 0.25) is 11.8 Å².